The number of pyridine rings is 2. The number of hydrogen-bond acceptors (Lipinski definition) is 4. The smallest absolute Gasteiger partial charge is 0.0713 e. The quantitative estimate of drug-likeness (QED) is 0.143. The van der Waals surface area contributed by atoms with E-state index in [1.807, 2.05) is 0 Å². The van der Waals surface area contributed by atoms with Crippen molar-refractivity contribution in [2.75, 3.05) is 13.1 Å². The molecule has 2 aromatic heterocycles. The molecule has 0 spiro atoms. The van der Waals surface area contributed by atoms with E-state index in [1.54, 1.807) is 0 Å². The van der Waals surface area contributed by atoms with Gasteiger partial charge in [-0.25, -0.2) is 9.97 Å². The second-order valence-electron chi connectivity index (χ2n) is 10.0. The number of para-hydroxylation sites is 4. The molecule has 2 N–H and O–H groups in total. The molecule has 0 aliphatic rings. The molecule has 0 unspecified atom stereocenters. The van der Waals surface area contributed by atoms with E-state index in [1.165, 1.54) is 58.4 Å². The third-order valence-electron chi connectivity index (χ3n) is 7.46. The summed E-state index contributed by atoms with van der Waals surface area (Å²) in [5.41, 5.74) is 7.00. The van der Waals surface area contributed by atoms with Gasteiger partial charge in [0.2, 0.25) is 0 Å². The molecule has 0 atom stereocenters. The Hall–Kier alpha value is -3.86. The lowest BCUT2D eigenvalue weighted by atomic mass is 10.0. The minimum absolute atomic E-state index is 0.874. The Morgan fingerprint density at radius 3 is 1.05 bits per heavy atom. The molecule has 0 saturated heterocycles. The number of nitrogens with one attached hydrogen (secondary N) is 2. The monoisotopic (exact) mass is 498 g/mol. The van der Waals surface area contributed by atoms with E-state index < -0.39 is 0 Å². The average Bonchev–Trinajstić information content (AvgIpc) is 2.97. The van der Waals surface area contributed by atoms with Crippen molar-refractivity contribution in [1.82, 2.24) is 20.6 Å². The van der Waals surface area contributed by atoms with Crippen LogP contribution in [0.1, 0.15) is 36.8 Å². The van der Waals surface area contributed by atoms with Crippen LogP contribution in [0.2, 0.25) is 0 Å². The molecule has 2 heterocycles. The Balaban J connectivity index is 0.964. The molecular weight excluding hydrogens is 464 g/mol. The lowest BCUT2D eigenvalue weighted by molar-refractivity contribution is 0.565. The van der Waals surface area contributed by atoms with Crippen molar-refractivity contribution in [3.63, 3.8) is 0 Å². The Morgan fingerprint density at radius 2 is 0.711 bits per heavy atom. The maximum Gasteiger partial charge on any atom is 0.0713 e. The predicted octanol–water partition coefficient (Wildman–Crippen LogP) is 7.53. The number of nitrogens with zero attached hydrogens (tertiary/aromatic N) is 2. The molecule has 0 radical (unpaired) electrons. The van der Waals surface area contributed by atoms with Gasteiger partial charge in [-0.2, -0.15) is 0 Å². The summed E-state index contributed by atoms with van der Waals surface area (Å²) in [6.45, 7) is 3.82. The van der Waals surface area contributed by atoms with E-state index in [9.17, 15) is 0 Å². The lowest BCUT2D eigenvalue weighted by Crippen LogP contribution is -2.16. The van der Waals surface area contributed by atoms with Crippen molar-refractivity contribution in [1.29, 1.82) is 0 Å². The normalized spacial score (nSPS) is 11.7. The molecule has 6 aromatic rings. The zero-order valence-electron chi connectivity index (χ0n) is 21.8. The van der Waals surface area contributed by atoms with Gasteiger partial charge >= 0.3 is 0 Å². The van der Waals surface area contributed by atoms with E-state index in [0.717, 1.165) is 48.2 Å². The number of aromatic nitrogens is 2. The van der Waals surface area contributed by atoms with Crippen molar-refractivity contribution < 1.29 is 0 Å². The van der Waals surface area contributed by atoms with Crippen LogP contribution in [0.4, 0.5) is 0 Å². The fourth-order valence-corrected chi connectivity index (χ4v) is 5.52. The highest BCUT2D eigenvalue weighted by Crippen LogP contribution is 2.27. The van der Waals surface area contributed by atoms with Crippen LogP contribution in [0.25, 0.3) is 43.6 Å². The minimum Gasteiger partial charge on any atom is -0.313 e. The fourth-order valence-electron chi connectivity index (χ4n) is 5.52. The molecule has 0 saturated carbocycles. The highest BCUT2D eigenvalue weighted by molar-refractivity contribution is 5.98. The molecule has 0 amide bonds. The van der Waals surface area contributed by atoms with Gasteiger partial charge in [0.15, 0.2) is 0 Å². The largest absolute Gasteiger partial charge is 0.313 e. The highest BCUT2D eigenvalue weighted by atomic mass is 14.9. The third kappa shape index (κ3) is 5.24. The third-order valence-corrected chi connectivity index (χ3v) is 7.46. The average molecular weight is 499 g/mol. The summed E-state index contributed by atoms with van der Waals surface area (Å²) < 4.78 is 0. The molecular formula is C34H34N4. The molecule has 6 rings (SSSR count). The maximum absolute atomic E-state index is 4.84. The zero-order valence-corrected chi connectivity index (χ0v) is 21.8. The van der Waals surface area contributed by atoms with Crippen molar-refractivity contribution in [2.24, 2.45) is 0 Å². The molecule has 38 heavy (non-hydrogen) atoms. The Kier molecular flexibility index (Phi) is 7.52. The summed E-state index contributed by atoms with van der Waals surface area (Å²) in [6.07, 6.45) is 4.88. The van der Waals surface area contributed by atoms with Crippen LogP contribution < -0.4 is 10.6 Å². The summed E-state index contributed by atoms with van der Waals surface area (Å²) >= 11 is 0. The molecule has 0 bridgehead atoms. The summed E-state index contributed by atoms with van der Waals surface area (Å²) in [5, 5.41) is 12.4. The van der Waals surface area contributed by atoms with Gasteiger partial charge in [-0.05, 0) is 61.3 Å². The molecule has 0 aliphatic carbocycles. The summed E-state index contributed by atoms with van der Waals surface area (Å²) in [5.74, 6) is 0. The van der Waals surface area contributed by atoms with Crippen LogP contribution in [0.3, 0.4) is 0 Å². The van der Waals surface area contributed by atoms with E-state index in [4.69, 9.17) is 9.97 Å². The molecule has 4 heteroatoms. The predicted molar refractivity (Wildman–Crippen MR) is 160 cm³/mol. The summed E-state index contributed by atoms with van der Waals surface area (Å²) in [7, 11) is 0. The molecule has 190 valence electrons. The van der Waals surface area contributed by atoms with Crippen molar-refractivity contribution in [3.8, 4) is 0 Å². The number of fused-ring (bicyclic) bond motifs is 4. The highest BCUT2D eigenvalue weighted by Gasteiger charge is 2.09. The minimum atomic E-state index is 0.874. The van der Waals surface area contributed by atoms with Crippen molar-refractivity contribution >= 4 is 43.6 Å². The summed E-state index contributed by atoms with van der Waals surface area (Å²) in [4.78, 5) is 9.69. The lowest BCUT2D eigenvalue weighted by Gasteiger charge is -2.12. The first kappa shape index (κ1) is 24.5. The Labute approximate surface area is 224 Å². The van der Waals surface area contributed by atoms with Gasteiger partial charge in [0.05, 0.1) is 22.1 Å². The SMILES string of the molecule is c1ccc2c(CNCCCCCCNCc3c4ccccc4nc4ccccc34)c3ccccc3nc2c1. The van der Waals surface area contributed by atoms with E-state index in [2.05, 4.69) is 108 Å². The zero-order chi connectivity index (χ0) is 25.6. The first-order chi connectivity index (χ1) is 18.9. The van der Waals surface area contributed by atoms with Gasteiger partial charge in [0, 0.05) is 34.6 Å². The summed E-state index contributed by atoms with van der Waals surface area (Å²) in [6, 6.07) is 33.9. The fraction of sp³-hybridized carbons (Fsp3) is 0.235. The van der Waals surface area contributed by atoms with Crippen LogP contribution in [0.5, 0.6) is 0 Å². The van der Waals surface area contributed by atoms with Gasteiger partial charge in [0.25, 0.3) is 0 Å². The van der Waals surface area contributed by atoms with E-state index >= 15 is 0 Å². The number of rotatable bonds is 11. The Bertz CT molecular complexity index is 1460. The van der Waals surface area contributed by atoms with Gasteiger partial charge < -0.3 is 10.6 Å². The van der Waals surface area contributed by atoms with Crippen LogP contribution in [0.15, 0.2) is 97.1 Å². The molecule has 4 aromatic carbocycles. The van der Waals surface area contributed by atoms with E-state index in [-0.39, 0.29) is 0 Å². The van der Waals surface area contributed by atoms with Crippen LogP contribution in [-0.2, 0) is 13.1 Å². The van der Waals surface area contributed by atoms with Gasteiger partial charge in [-0.1, -0.05) is 85.6 Å². The van der Waals surface area contributed by atoms with Gasteiger partial charge in [-0.3, -0.25) is 0 Å². The van der Waals surface area contributed by atoms with Crippen LogP contribution in [-0.4, -0.2) is 23.1 Å². The van der Waals surface area contributed by atoms with Crippen LogP contribution >= 0.6 is 0 Å². The van der Waals surface area contributed by atoms with Gasteiger partial charge in [0.1, 0.15) is 0 Å². The van der Waals surface area contributed by atoms with Gasteiger partial charge in [-0.15, -0.1) is 0 Å². The van der Waals surface area contributed by atoms with E-state index in [0.29, 0.717) is 0 Å². The first-order valence-corrected chi connectivity index (χ1v) is 13.8. The molecule has 0 fully saturated rings. The standard InChI is InChI=1S/C34H34N4/c1(11-21-35-23-29-25-13-3-7-17-31(25)37-32-18-8-4-14-26(29)32)2-12-22-36-24-30-27-15-5-9-19-33(27)38-34-20-10-6-16-28(30)34/h3-10,13-20,35-36H,1-2,11-12,21-24H2. The van der Waals surface area contributed by atoms with Crippen molar-refractivity contribution in [3.05, 3.63) is 108 Å². The number of unbranched alkanes of at least 4 members (excludes halogenated alkanes) is 3. The van der Waals surface area contributed by atoms with Crippen LogP contribution in [0, 0.1) is 0 Å². The second-order valence-corrected chi connectivity index (χ2v) is 10.0. The number of hydrogen-bond donors (Lipinski definition) is 2. The number of benzene rings is 4. The first-order valence-electron chi connectivity index (χ1n) is 13.8. The van der Waals surface area contributed by atoms with Crippen molar-refractivity contribution in [2.45, 2.75) is 38.8 Å². The second kappa shape index (κ2) is 11.7. The Morgan fingerprint density at radius 1 is 0.395 bits per heavy atom. The molecule has 4 nitrogen and oxygen atoms in total. The topological polar surface area (TPSA) is 49.8 Å². The maximum atomic E-state index is 4.84. The molecule has 0 aliphatic heterocycles.